The maximum atomic E-state index is 10.4. The van der Waals surface area contributed by atoms with E-state index in [-0.39, 0.29) is 5.50 Å². The van der Waals surface area contributed by atoms with Gasteiger partial charge in [0.1, 0.15) is 0 Å². The van der Waals surface area contributed by atoms with E-state index in [1.807, 2.05) is 36.2 Å². The normalized spacial score (nSPS) is 20.8. The third kappa shape index (κ3) is 0.992. The Morgan fingerprint density at radius 2 is 2.25 bits per heavy atom. The first kappa shape index (κ1) is 7.61. The molecule has 4 heteroatoms. The monoisotopic (exact) mass is 180 g/mol. The maximum absolute atomic E-state index is 10.4. The summed E-state index contributed by atoms with van der Waals surface area (Å²) in [7, 11) is 1.88. The van der Waals surface area contributed by atoms with Crippen molar-refractivity contribution in [2.75, 3.05) is 11.9 Å². The summed E-state index contributed by atoms with van der Waals surface area (Å²) in [4.78, 5) is 13.4. The number of hydrogen-bond acceptors (Lipinski definition) is 4. The van der Waals surface area contributed by atoms with E-state index >= 15 is 0 Å². The largest absolute Gasteiger partial charge is 0.340 e. The minimum atomic E-state index is -0.289. The van der Waals surface area contributed by atoms with E-state index in [9.17, 15) is 4.91 Å². The lowest BCUT2D eigenvalue weighted by Crippen LogP contribution is -2.21. The number of hydrogen-bond donors (Lipinski definition) is 0. The lowest BCUT2D eigenvalue weighted by molar-refractivity contribution is 0.881. The van der Waals surface area contributed by atoms with E-state index in [0.29, 0.717) is 0 Å². The second-order valence-corrected chi connectivity index (χ2v) is 3.73. The molecule has 2 rings (SSSR count). The standard InChI is InChI=1S/C8H8N2OS/c1-10-6-4-2-3-5-7(6)12-8(10)9-11/h2-5,8H,1H3. The molecule has 0 bridgehead atoms. The van der Waals surface area contributed by atoms with Gasteiger partial charge in [0.2, 0.25) is 5.50 Å². The molecule has 1 aliphatic heterocycles. The molecule has 12 heavy (non-hydrogen) atoms. The summed E-state index contributed by atoms with van der Waals surface area (Å²) in [5, 5.41) is 3.02. The van der Waals surface area contributed by atoms with E-state index in [2.05, 4.69) is 5.18 Å². The molecule has 0 saturated heterocycles. The van der Waals surface area contributed by atoms with Crippen LogP contribution in [-0.4, -0.2) is 12.5 Å². The zero-order valence-corrected chi connectivity index (χ0v) is 7.41. The lowest BCUT2D eigenvalue weighted by atomic mass is 10.3. The van der Waals surface area contributed by atoms with Gasteiger partial charge in [-0.2, -0.15) is 0 Å². The third-order valence-corrected chi connectivity index (χ3v) is 3.11. The quantitative estimate of drug-likeness (QED) is 0.621. The molecule has 1 atom stereocenters. The number of para-hydroxylation sites is 1. The van der Waals surface area contributed by atoms with Crippen LogP contribution in [0.3, 0.4) is 0 Å². The highest BCUT2D eigenvalue weighted by Crippen LogP contribution is 2.42. The molecular formula is C8H8N2OS. The Kier molecular flexibility index (Phi) is 1.77. The molecule has 1 aliphatic rings. The van der Waals surface area contributed by atoms with E-state index < -0.39 is 0 Å². The van der Waals surface area contributed by atoms with Gasteiger partial charge in [-0.15, -0.1) is 4.91 Å². The van der Waals surface area contributed by atoms with Crippen molar-refractivity contribution in [1.29, 1.82) is 0 Å². The molecule has 0 aliphatic carbocycles. The molecule has 0 amide bonds. The van der Waals surface area contributed by atoms with Crippen LogP contribution >= 0.6 is 11.8 Å². The van der Waals surface area contributed by atoms with Gasteiger partial charge < -0.3 is 4.90 Å². The lowest BCUT2D eigenvalue weighted by Gasteiger charge is -2.13. The van der Waals surface area contributed by atoms with Crippen LogP contribution in [-0.2, 0) is 0 Å². The van der Waals surface area contributed by atoms with Gasteiger partial charge in [0.25, 0.3) is 0 Å². The second-order valence-electron chi connectivity index (χ2n) is 2.63. The molecular weight excluding hydrogens is 172 g/mol. The number of anilines is 1. The summed E-state index contributed by atoms with van der Waals surface area (Å²) in [6.45, 7) is 0. The highest BCUT2D eigenvalue weighted by atomic mass is 32.2. The summed E-state index contributed by atoms with van der Waals surface area (Å²) < 4.78 is 0. The summed E-state index contributed by atoms with van der Waals surface area (Å²) in [5.74, 6) is 0. The number of fused-ring (bicyclic) bond motifs is 1. The fraction of sp³-hybridized carbons (Fsp3) is 0.250. The first-order valence-electron chi connectivity index (χ1n) is 3.64. The second kappa shape index (κ2) is 2.79. The number of nitroso groups, excluding NO2 is 1. The van der Waals surface area contributed by atoms with Gasteiger partial charge in [-0.1, -0.05) is 23.9 Å². The summed E-state index contributed by atoms with van der Waals surface area (Å²) in [5.41, 5.74) is 0.800. The third-order valence-electron chi connectivity index (χ3n) is 1.90. The van der Waals surface area contributed by atoms with Crippen LogP contribution in [0.5, 0.6) is 0 Å². The predicted molar refractivity (Wildman–Crippen MR) is 50.3 cm³/mol. The molecule has 1 aromatic rings. The van der Waals surface area contributed by atoms with Crippen molar-refractivity contribution in [1.82, 2.24) is 0 Å². The molecule has 1 unspecified atom stereocenters. The number of nitrogens with zero attached hydrogens (tertiary/aromatic N) is 2. The summed E-state index contributed by atoms with van der Waals surface area (Å²) in [6, 6.07) is 7.92. The molecule has 0 spiro atoms. The topological polar surface area (TPSA) is 32.7 Å². The summed E-state index contributed by atoms with van der Waals surface area (Å²) >= 11 is 1.49. The van der Waals surface area contributed by atoms with Gasteiger partial charge in [0.15, 0.2) is 0 Å². The Bertz CT molecular complexity index is 316. The van der Waals surface area contributed by atoms with E-state index in [0.717, 1.165) is 10.6 Å². The molecule has 1 heterocycles. The molecule has 1 aromatic carbocycles. The average molecular weight is 180 g/mol. The Balaban J connectivity index is 2.41. The minimum Gasteiger partial charge on any atom is -0.340 e. The molecule has 62 valence electrons. The van der Waals surface area contributed by atoms with Crippen molar-refractivity contribution >= 4 is 17.4 Å². The van der Waals surface area contributed by atoms with Gasteiger partial charge in [-0.25, -0.2) is 0 Å². The Hall–Kier alpha value is -1.03. The van der Waals surface area contributed by atoms with Crippen molar-refractivity contribution in [3.63, 3.8) is 0 Å². The van der Waals surface area contributed by atoms with Crippen LogP contribution in [0.1, 0.15) is 0 Å². The van der Waals surface area contributed by atoms with Crippen LogP contribution in [0, 0.1) is 4.91 Å². The number of thioether (sulfide) groups is 1. The van der Waals surface area contributed by atoms with Crippen LogP contribution in [0.25, 0.3) is 0 Å². The van der Waals surface area contributed by atoms with Gasteiger partial charge in [0, 0.05) is 11.9 Å². The van der Waals surface area contributed by atoms with Crippen LogP contribution in [0.2, 0.25) is 0 Å². The van der Waals surface area contributed by atoms with Gasteiger partial charge in [0.05, 0.1) is 5.69 Å². The summed E-state index contributed by atoms with van der Waals surface area (Å²) in [6.07, 6.45) is 0. The Labute approximate surface area is 74.7 Å². The highest BCUT2D eigenvalue weighted by Gasteiger charge is 2.27. The predicted octanol–water partition coefficient (Wildman–Crippen LogP) is 2.28. The van der Waals surface area contributed by atoms with Crippen molar-refractivity contribution in [3.8, 4) is 0 Å². The van der Waals surface area contributed by atoms with Crippen LogP contribution < -0.4 is 4.90 Å². The fourth-order valence-electron chi connectivity index (χ4n) is 1.25. The minimum absolute atomic E-state index is 0.289. The van der Waals surface area contributed by atoms with E-state index in [1.165, 1.54) is 11.8 Å². The van der Waals surface area contributed by atoms with Gasteiger partial charge in [-0.05, 0) is 17.3 Å². The molecule has 0 N–H and O–H groups in total. The van der Waals surface area contributed by atoms with E-state index in [4.69, 9.17) is 0 Å². The van der Waals surface area contributed by atoms with Crippen molar-refractivity contribution in [2.45, 2.75) is 10.4 Å². The maximum Gasteiger partial charge on any atom is 0.215 e. The Morgan fingerprint density at radius 3 is 2.92 bits per heavy atom. The number of rotatable bonds is 1. The van der Waals surface area contributed by atoms with Gasteiger partial charge in [-0.3, -0.25) is 0 Å². The molecule has 0 aromatic heterocycles. The highest BCUT2D eigenvalue weighted by molar-refractivity contribution is 8.00. The van der Waals surface area contributed by atoms with Crippen molar-refractivity contribution in [3.05, 3.63) is 29.2 Å². The van der Waals surface area contributed by atoms with E-state index in [1.54, 1.807) is 0 Å². The first-order valence-corrected chi connectivity index (χ1v) is 4.52. The smallest absolute Gasteiger partial charge is 0.215 e. The number of benzene rings is 1. The molecule has 0 saturated carbocycles. The van der Waals surface area contributed by atoms with Crippen LogP contribution in [0.15, 0.2) is 34.3 Å². The molecule has 0 radical (unpaired) electrons. The van der Waals surface area contributed by atoms with Crippen LogP contribution in [0.4, 0.5) is 5.69 Å². The van der Waals surface area contributed by atoms with Gasteiger partial charge >= 0.3 is 0 Å². The fourth-order valence-corrected chi connectivity index (χ4v) is 2.28. The van der Waals surface area contributed by atoms with Crippen molar-refractivity contribution in [2.24, 2.45) is 5.18 Å². The SMILES string of the molecule is CN1c2ccccc2SC1N=O. The zero-order valence-electron chi connectivity index (χ0n) is 6.60. The first-order chi connectivity index (χ1) is 5.83. The zero-order chi connectivity index (χ0) is 8.55. The molecule has 3 nitrogen and oxygen atoms in total. The Morgan fingerprint density at radius 1 is 1.50 bits per heavy atom. The molecule has 0 fully saturated rings. The average Bonchev–Trinajstić information content (AvgIpc) is 2.44. The van der Waals surface area contributed by atoms with Crippen molar-refractivity contribution < 1.29 is 0 Å².